The first-order valence-electron chi connectivity index (χ1n) is 10.00. The number of hydrogen-bond acceptors (Lipinski definition) is 0. The van der Waals surface area contributed by atoms with Crippen LogP contribution in [0.2, 0.25) is 0 Å². The molecule has 0 radical (unpaired) electrons. The van der Waals surface area contributed by atoms with E-state index in [1.54, 1.807) is 0 Å². The lowest BCUT2D eigenvalue weighted by Crippen LogP contribution is -2.44. The minimum absolute atomic E-state index is 0.462. The molecule has 0 spiro atoms. The summed E-state index contributed by atoms with van der Waals surface area (Å²) in [7, 11) is 0. The van der Waals surface area contributed by atoms with E-state index < -0.39 is 0 Å². The lowest BCUT2D eigenvalue weighted by atomic mass is 9.53. The van der Waals surface area contributed by atoms with Crippen molar-refractivity contribution in [2.75, 3.05) is 0 Å². The monoisotopic (exact) mass is 306 g/mol. The van der Waals surface area contributed by atoms with Crippen molar-refractivity contribution < 1.29 is 0 Å². The Bertz CT molecular complexity index is 321. The Hall–Kier alpha value is 0. The van der Waals surface area contributed by atoms with Crippen molar-refractivity contribution in [3.63, 3.8) is 0 Å². The van der Waals surface area contributed by atoms with E-state index in [4.69, 9.17) is 0 Å². The Kier molecular flexibility index (Phi) is 5.40. The molecule has 0 amide bonds. The molecule has 130 valence electrons. The molecule has 2 aliphatic rings. The van der Waals surface area contributed by atoms with Crippen LogP contribution in [0.4, 0.5) is 0 Å². The van der Waals surface area contributed by atoms with Crippen molar-refractivity contribution in [3.05, 3.63) is 0 Å². The van der Waals surface area contributed by atoms with E-state index in [-0.39, 0.29) is 0 Å². The maximum atomic E-state index is 2.56. The second-order valence-corrected chi connectivity index (χ2v) is 11.1. The Balaban J connectivity index is 2.17. The van der Waals surface area contributed by atoms with Gasteiger partial charge in [0.2, 0.25) is 0 Å². The Morgan fingerprint density at radius 2 is 1.00 bits per heavy atom. The third-order valence-electron chi connectivity index (χ3n) is 7.33. The highest BCUT2D eigenvalue weighted by Crippen LogP contribution is 2.54. The van der Waals surface area contributed by atoms with Gasteiger partial charge >= 0.3 is 0 Å². The maximum Gasteiger partial charge on any atom is -0.0334 e. The third-order valence-corrected chi connectivity index (χ3v) is 7.33. The average Bonchev–Trinajstić information content (AvgIpc) is 2.37. The standard InChI is InChI=1S/C22H42/c1-15-9-11-17(12-10-15)18-13-19(21(3,4)5)16(2)20(14-18)22(6,7)8/h15-20H,9-14H2,1-8H3. The van der Waals surface area contributed by atoms with Gasteiger partial charge in [0.1, 0.15) is 0 Å². The molecule has 2 fully saturated rings. The lowest BCUT2D eigenvalue weighted by Gasteiger charge is -2.52. The van der Waals surface area contributed by atoms with Crippen molar-refractivity contribution in [2.24, 2.45) is 46.3 Å². The molecule has 0 saturated heterocycles. The summed E-state index contributed by atoms with van der Waals surface area (Å²) in [6.07, 6.45) is 8.97. The molecular formula is C22H42. The summed E-state index contributed by atoms with van der Waals surface area (Å²) >= 11 is 0. The zero-order valence-electron chi connectivity index (χ0n) is 16.7. The van der Waals surface area contributed by atoms with E-state index in [0.29, 0.717) is 10.8 Å². The summed E-state index contributed by atoms with van der Waals surface area (Å²) in [5.41, 5.74) is 0.924. The molecule has 2 aliphatic carbocycles. The second kappa shape index (κ2) is 6.48. The molecule has 0 aliphatic heterocycles. The van der Waals surface area contributed by atoms with Gasteiger partial charge in [-0.15, -0.1) is 0 Å². The highest BCUT2D eigenvalue weighted by Gasteiger charge is 2.46. The van der Waals surface area contributed by atoms with Gasteiger partial charge in [-0.25, -0.2) is 0 Å². The van der Waals surface area contributed by atoms with Crippen LogP contribution in [0.25, 0.3) is 0 Å². The Morgan fingerprint density at radius 1 is 0.591 bits per heavy atom. The number of hydrogen-bond donors (Lipinski definition) is 0. The first-order valence-corrected chi connectivity index (χ1v) is 10.00. The van der Waals surface area contributed by atoms with Gasteiger partial charge in [-0.05, 0) is 72.0 Å². The van der Waals surface area contributed by atoms with Crippen molar-refractivity contribution in [1.29, 1.82) is 0 Å². The highest BCUT2D eigenvalue weighted by molar-refractivity contribution is 4.95. The fraction of sp³-hybridized carbons (Fsp3) is 1.00. The first-order chi connectivity index (χ1) is 10.00. The summed E-state index contributed by atoms with van der Waals surface area (Å²) in [5.74, 6) is 5.68. The van der Waals surface area contributed by atoms with Crippen molar-refractivity contribution >= 4 is 0 Å². The van der Waals surface area contributed by atoms with Gasteiger partial charge in [0, 0.05) is 0 Å². The van der Waals surface area contributed by atoms with Gasteiger partial charge in [-0.2, -0.15) is 0 Å². The van der Waals surface area contributed by atoms with Crippen LogP contribution in [0.5, 0.6) is 0 Å². The summed E-state index contributed by atoms with van der Waals surface area (Å²) < 4.78 is 0. The van der Waals surface area contributed by atoms with Gasteiger partial charge in [-0.1, -0.05) is 68.2 Å². The van der Waals surface area contributed by atoms with E-state index in [1.807, 2.05) is 0 Å². The molecule has 2 saturated carbocycles. The van der Waals surface area contributed by atoms with Gasteiger partial charge in [-0.3, -0.25) is 0 Å². The largest absolute Gasteiger partial charge is 0.0625 e. The molecule has 0 aromatic heterocycles. The van der Waals surface area contributed by atoms with E-state index in [1.165, 1.54) is 38.5 Å². The van der Waals surface area contributed by atoms with Gasteiger partial charge in [0.15, 0.2) is 0 Å². The van der Waals surface area contributed by atoms with Gasteiger partial charge in [0.25, 0.3) is 0 Å². The molecular weight excluding hydrogens is 264 g/mol. The summed E-state index contributed by atoms with van der Waals surface area (Å²) in [6, 6.07) is 0. The van der Waals surface area contributed by atoms with Crippen LogP contribution in [-0.4, -0.2) is 0 Å². The zero-order chi connectivity index (χ0) is 16.7. The fourth-order valence-corrected chi connectivity index (χ4v) is 5.88. The van der Waals surface area contributed by atoms with Crippen LogP contribution in [0.3, 0.4) is 0 Å². The minimum atomic E-state index is 0.462. The van der Waals surface area contributed by atoms with Crippen LogP contribution in [-0.2, 0) is 0 Å². The predicted molar refractivity (Wildman–Crippen MR) is 98.9 cm³/mol. The lowest BCUT2D eigenvalue weighted by molar-refractivity contribution is -0.0297. The Morgan fingerprint density at radius 3 is 1.36 bits per heavy atom. The summed E-state index contributed by atoms with van der Waals surface area (Å²) in [6.45, 7) is 19.9. The summed E-state index contributed by atoms with van der Waals surface area (Å²) in [4.78, 5) is 0. The van der Waals surface area contributed by atoms with Crippen LogP contribution in [0, 0.1) is 46.3 Å². The minimum Gasteiger partial charge on any atom is -0.0625 e. The molecule has 0 bridgehead atoms. The van der Waals surface area contributed by atoms with Crippen molar-refractivity contribution in [3.8, 4) is 0 Å². The van der Waals surface area contributed by atoms with Gasteiger partial charge < -0.3 is 0 Å². The first kappa shape index (κ1) is 18.3. The SMILES string of the molecule is CC1CCC(C2CC(C(C)(C)C)C(C)C(C(C)(C)C)C2)CC1. The molecule has 2 unspecified atom stereocenters. The zero-order valence-corrected chi connectivity index (χ0v) is 16.7. The van der Waals surface area contributed by atoms with Crippen molar-refractivity contribution in [2.45, 2.75) is 93.9 Å². The average molecular weight is 307 g/mol. The molecule has 0 nitrogen and oxygen atoms in total. The second-order valence-electron chi connectivity index (χ2n) is 11.1. The van der Waals surface area contributed by atoms with E-state index in [2.05, 4.69) is 55.4 Å². The van der Waals surface area contributed by atoms with E-state index >= 15 is 0 Å². The third kappa shape index (κ3) is 4.09. The normalized spacial score (nSPS) is 41.5. The topological polar surface area (TPSA) is 0 Å². The summed E-state index contributed by atoms with van der Waals surface area (Å²) in [5, 5.41) is 0. The molecule has 2 atom stereocenters. The van der Waals surface area contributed by atoms with Gasteiger partial charge in [0.05, 0.1) is 0 Å². The van der Waals surface area contributed by atoms with E-state index in [9.17, 15) is 0 Å². The molecule has 2 rings (SSSR count). The van der Waals surface area contributed by atoms with Crippen LogP contribution in [0.1, 0.15) is 93.9 Å². The molecule has 0 N–H and O–H groups in total. The quantitative estimate of drug-likeness (QED) is 0.481. The maximum absolute atomic E-state index is 2.56. The smallest absolute Gasteiger partial charge is 0.0334 e. The van der Waals surface area contributed by atoms with Crippen LogP contribution in [0.15, 0.2) is 0 Å². The number of rotatable bonds is 1. The van der Waals surface area contributed by atoms with Crippen LogP contribution < -0.4 is 0 Å². The molecule has 0 aromatic carbocycles. The van der Waals surface area contributed by atoms with Crippen molar-refractivity contribution in [1.82, 2.24) is 0 Å². The Labute approximate surface area is 140 Å². The molecule has 22 heavy (non-hydrogen) atoms. The molecule has 0 heterocycles. The molecule has 0 heteroatoms. The van der Waals surface area contributed by atoms with Crippen LogP contribution >= 0.6 is 0 Å². The molecule has 0 aromatic rings. The van der Waals surface area contributed by atoms with E-state index in [0.717, 1.165) is 35.5 Å². The fourth-order valence-electron chi connectivity index (χ4n) is 5.88. The highest BCUT2D eigenvalue weighted by atomic mass is 14.5. The predicted octanol–water partition coefficient (Wildman–Crippen LogP) is 7.18.